The van der Waals surface area contributed by atoms with Gasteiger partial charge in [0.05, 0.1) is 5.56 Å². The second-order valence-corrected chi connectivity index (χ2v) is 5.34. The molecule has 1 aromatic heterocycles. The topological polar surface area (TPSA) is 70.8 Å². The molecule has 0 bridgehead atoms. The maximum Gasteiger partial charge on any atom is 0.335 e. The highest BCUT2D eigenvalue weighted by molar-refractivity contribution is 9.10. The van der Waals surface area contributed by atoms with Gasteiger partial charge in [-0.15, -0.1) is 0 Å². The highest BCUT2D eigenvalue weighted by atomic mass is 79.9. The number of carbonyl (C=O) groups excluding carboxylic acids is 1. The van der Waals surface area contributed by atoms with Crippen LogP contribution in [0.15, 0.2) is 39.4 Å². The third-order valence-corrected chi connectivity index (χ3v) is 3.67. The van der Waals surface area contributed by atoms with Crippen LogP contribution in [-0.2, 0) is 13.1 Å². The Labute approximate surface area is 122 Å². The van der Waals surface area contributed by atoms with Crippen molar-refractivity contribution in [2.75, 3.05) is 0 Å². The molecule has 2 heterocycles. The Kier molecular flexibility index (Phi) is 3.10. The average molecular weight is 336 g/mol. The molecular formula is C14H10BrNO4. The fraction of sp³-hybridized carbons (Fsp3) is 0.143. The van der Waals surface area contributed by atoms with E-state index in [1.54, 1.807) is 35.2 Å². The summed E-state index contributed by atoms with van der Waals surface area (Å²) in [5.41, 5.74) is 2.07. The number of rotatable bonds is 2. The Hall–Kier alpha value is -2.08. The number of nitrogens with zero attached hydrogens (tertiary/aromatic N) is 1. The van der Waals surface area contributed by atoms with Crippen LogP contribution in [-0.4, -0.2) is 21.9 Å². The number of carboxylic acids is 1. The quantitative estimate of drug-likeness (QED) is 0.915. The molecule has 20 heavy (non-hydrogen) atoms. The second kappa shape index (κ2) is 4.79. The summed E-state index contributed by atoms with van der Waals surface area (Å²) in [4.78, 5) is 24.8. The smallest absolute Gasteiger partial charge is 0.335 e. The van der Waals surface area contributed by atoms with Crippen LogP contribution in [0.3, 0.4) is 0 Å². The Balaban J connectivity index is 1.83. The Bertz CT molecular complexity index is 707. The SMILES string of the molecule is O=C(O)c1ccc2c(c1)CN(C(=O)c1ccc(Br)o1)C2. The zero-order valence-electron chi connectivity index (χ0n) is 10.3. The summed E-state index contributed by atoms with van der Waals surface area (Å²) >= 11 is 3.16. The number of fused-ring (bicyclic) bond motifs is 1. The van der Waals surface area contributed by atoms with Crippen molar-refractivity contribution in [2.45, 2.75) is 13.1 Å². The monoisotopic (exact) mass is 335 g/mol. The molecule has 5 nitrogen and oxygen atoms in total. The van der Waals surface area contributed by atoms with Gasteiger partial charge in [0.25, 0.3) is 5.91 Å². The van der Waals surface area contributed by atoms with E-state index in [1.165, 1.54) is 0 Å². The zero-order valence-corrected chi connectivity index (χ0v) is 11.9. The van der Waals surface area contributed by atoms with Gasteiger partial charge in [-0.2, -0.15) is 0 Å². The number of aromatic carboxylic acids is 1. The van der Waals surface area contributed by atoms with Crippen LogP contribution in [0.5, 0.6) is 0 Å². The Morgan fingerprint density at radius 1 is 1.15 bits per heavy atom. The van der Waals surface area contributed by atoms with E-state index in [0.29, 0.717) is 17.8 Å². The average Bonchev–Trinajstić information content (AvgIpc) is 3.02. The molecule has 1 aliphatic rings. The van der Waals surface area contributed by atoms with Crippen molar-refractivity contribution >= 4 is 27.8 Å². The number of hydrogen-bond acceptors (Lipinski definition) is 3. The molecular weight excluding hydrogens is 326 g/mol. The predicted molar refractivity (Wildman–Crippen MR) is 73.4 cm³/mol. The molecule has 1 amide bonds. The van der Waals surface area contributed by atoms with Crippen molar-refractivity contribution < 1.29 is 19.1 Å². The number of carbonyl (C=O) groups is 2. The highest BCUT2D eigenvalue weighted by Gasteiger charge is 2.26. The molecule has 0 spiro atoms. The minimum Gasteiger partial charge on any atom is -0.478 e. The van der Waals surface area contributed by atoms with E-state index in [-0.39, 0.29) is 17.2 Å². The number of hydrogen-bond donors (Lipinski definition) is 1. The molecule has 0 fully saturated rings. The summed E-state index contributed by atoms with van der Waals surface area (Å²) in [5.74, 6) is -0.903. The molecule has 0 radical (unpaired) electrons. The second-order valence-electron chi connectivity index (χ2n) is 4.55. The molecule has 1 aliphatic heterocycles. The number of halogens is 1. The molecule has 0 aliphatic carbocycles. The van der Waals surface area contributed by atoms with Gasteiger partial charge in [-0.05, 0) is 51.3 Å². The molecule has 2 aromatic rings. The van der Waals surface area contributed by atoms with Crippen molar-refractivity contribution in [3.05, 3.63) is 57.5 Å². The summed E-state index contributed by atoms with van der Waals surface area (Å²) in [5, 5.41) is 8.97. The molecule has 1 N–H and O–H groups in total. The molecule has 0 unspecified atom stereocenters. The van der Waals surface area contributed by atoms with Crippen molar-refractivity contribution in [2.24, 2.45) is 0 Å². The maximum atomic E-state index is 12.2. The van der Waals surface area contributed by atoms with E-state index in [9.17, 15) is 9.59 Å². The predicted octanol–water partition coefficient (Wildman–Crippen LogP) is 2.90. The lowest BCUT2D eigenvalue weighted by Crippen LogP contribution is -2.24. The van der Waals surface area contributed by atoms with Gasteiger partial charge < -0.3 is 14.4 Å². The van der Waals surface area contributed by atoms with E-state index in [2.05, 4.69) is 15.9 Å². The fourth-order valence-electron chi connectivity index (χ4n) is 2.26. The molecule has 102 valence electrons. The van der Waals surface area contributed by atoms with E-state index in [0.717, 1.165) is 11.1 Å². The van der Waals surface area contributed by atoms with E-state index >= 15 is 0 Å². The summed E-state index contributed by atoms with van der Waals surface area (Å²) in [6, 6.07) is 8.20. The molecule has 0 atom stereocenters. The van der Waals surface area contributed by atoms with Gasteiger partial charge in [0.1, 0.15) is 0 Å². The van der Waals surface area contributed by atoms with Crippen molar-refractivity contribution in [1.82, 2.24) is 4.90 Å². The fourth-order valence-corrected chi connectivity index (χ4v) is 2.56. The first-order valence-electron chi connectivity index (χ1n) is 5.94. The van der Waals surface area contributed by atoms with Crippen molar-refractivity contribution in [3.63, 3.8) is 0 Å². The van der Waals surface area contributed by atoms with Gasteiger partial charge in [-0.3, -0.25) is 4.79 Å². The number of furan rings is 1. The van der Waals surface area contributed by atoms with Crippen LogP contribution in [0, 0.1) is 0 Å². The van der Waals surface area contributed by atoms with Crippen LogP contribution in [0.1, 0.15) is 32.0 Å². The van der Waals surface area contributed by atoms with Crippen LogP contribution in [0.25, 0.3) is 0 Å². The highest BCUT2D eigenvalue weighted by Crippen LogP contribution is 2.26. The Morgan fingerprint density at radius 2 is 1.90 bits per heavy atom. The summed E-state index contributed by atoms with van der Waals surface area (Å²) in [6.07, 6.45) is 0. The van der Waals surface area contributed by atoms with Crippen LogP contribution >= 0.6 is 15.9 Å². The van der Waals surface area contributed by atoms with Gasteiger partial charge in [0.2, 0.25) is 0 Å². The summed E-state index contributed by atoms with van der Waals surface area (Å²) in [6.45, 7) is 0.861. The first kappa shape index (κ1) is 12.9. The minimum atomic E-state index is -0.965. The largest absolute Gasteiger partial charge is 0.478 e. The van der Waals surface area contributed by atoms with Crippen molar-refractivity contribution in [3.8, 4) is 0 Å². The van der Waals surface area contributed by atoms with Gasteiger partial charge in [-0.1, -0.05) is 6.07 Å². The maximum absolute atomic E-state index is 12.2. The third-order valence-electron chi connectivity index (χ3n) is 3.25. The number of benzene rings is 1. The Morgan fingerprint density at radius 3 is 2.55 bits per heavy atom. The lowest BCUT2D eigenvalue weighted by atomic mass is 10.1. The van der Waals surface area contributed by atoms with E-state index in [1.807, 2.05) is 0 Å². The van der Waals surface area contributed by atoms with Gasteiger partial charge >= 0.3 is 5.97 Å². The zero-order chi connectivity index (χ0) is 14.3. The summed E-state index contributed by atoms with van der Waals surface area (Å²) in [7, 11) is 0. The first-order valence-corrected chi connectivity index (χ1v) is 6.73. The molecule has 3 rings (SSSR count). The van der Waals surface area contributed by atoms with Gasteiger partial charge in [0, 0.05) is 13.1 Å². The lowest BCUT2D eigenvalue weighted by molar-refractivity contribution is 0.0695. The van der Waals surface area contributed by atoms with E-state index in [4.69, 9.17) is 9.52 Å². The standard InChI is InChI=1S/C14H10BrNO4/c15-12-4-3-11(20-12)13(17)16-6-9-2-1-8(14(18)19)5-10(9)7-16/h1-5H,6-7H2,(H,18,19). The molecule has 6 heteroatoms. The number of carboxylic acid groups (broad SMARTS) is 1. The molecule has 1 aromatic carbocycles. The summed E-state index contributed by atoms with van der Waals surface area (Å²) < 4.78 is 5.76. The normalized spacial score (nSPS) is 13.3. The van der Waals surface area contributed by atoms with E-state index < -0.39 is 5.97 Å². The van der Waals surface area contributed by atoms with Crippen LogP contribution in [0.2, 0.25) is 0 Å². The lowest BCUT2D eigenvalue weighted by Gasteiger charge is -2.13. The molecule has 0 saturated carbocycles. The van der Waals surface area contributed by atoms with Crippen LogP contribution < -0.4 is 0 Å². The van der Waals surface area contributed by atoms with Crippen molar-refractivity contribution in [1.29, 1.82) is 0 Å². The minimum absolute atomic E-state index is 0.205. The molecule has 0 saturated heterocycles. The third kappa shape index (κ3) is 2.22. The van der Waals surface area contributed by atoms with Crippen LogP contribution in [0.4, 0.5) is 0 Å². The number of amides is 1. The first-order chi connectivity index (χ1) is 9.54. The van der Waals surface area contributed by atoms with Gasteiger partial charge in [0.15, 0.2) is 10.4 Å². The van der Waals surface area contributed by atoms with Gasteiger partial charge in [-0.25, -0.2) is 4.79 Å².